The minimum Gasteiger partial charge on any atom is -0.317 e. The Morgan fingerprint density at radius 3 is 2.67 bits per heavy atom. The van der Waals surface area contributed by atoms with Crippen LogP contribution in [-0.4, -0.2) is 50.8 Å². The Kier molecular flexibility index (Phi) is 4.66. The van der Waals surface area contributed by atoms with Crippen LogP contribution in [0.1, 0.15) is 32.5 Å². The fourth-order valence-corrected chi connectivity index (χ4v) is 2.42. The number of rotatable bonds is 5. The Balaban J connectivity index is 1.90. The van der Waals surface area contributed by atoms with Crippen molar-refractivity contribution in [3.63, 3.8) is 0 Å². The van der Waals surface area contributed by atoms with Crippen LogP contribution in [0, 0.1) is 5.92 Å². The summed E-state index contributed by atoms with van der Waals surface area (Å²) >= 11 is 0. The predicted octanol–water partition coefficient (Wildman–Crippen LogP) is 0.420. The summed E-state index contributed by atoms with van der Waals surface area (Å²) in [5, 5.41) is 15.7. The molecule has 0 aromatic carbocycles. The van der Waals surface area contributed by atoms with Crippen molar-refractivity contribution in [2.75, 3.05) is 19.6 Å². The third kappa shape index (κ3) is 3.74. The topological polar surface area (TPSA) is 58.9 Å². The standard InChI is InChI=1S/C12H24N6/c1-10(2)18(8-11-4-6-13-7-5-11)9-12-14-16-17(3)15-12/h10-11,13H,4-9H2,1-3H3. The molecule has 1 aromatic rings. The molecule has 6 heteroatoms. The Labute approximate surface area is 109 Å². The average molecular weight is 252 g/mol. The lowest BCUT2D eigenvalue weighted by Crippen LogP contribution is -2.39. The molecule has 2 rings (SSSR count). The van der Waals surface area contributed by atoms with E-state index in [4.69, 9.17) is 0 Å². The van der Waals surface area contributed by atoms with Gasteiger partial charge in [0.15, 0.2) is 5.82 Å². The lowest BCUT2D eigenvalue weighted by molar-refractivity contribution is 0.158. The van der Waals surface area contributed by atoms with E-state index in [0.717, 1.165) is 37.9 Å². The first-order chi connectivity index (χ1) is 8.65. The summed E-state index contributed by atoms with van der Waals surface area (Å²) in [5.41, 5.74) is 0. The molecule has 1 N–H and O–H groups in total. The van der Waals surface area contributed by atoms with Crippen LogP contribution >= 0.6 is 0 Å². The molecule has 1 fully saturated rings. The second-order valence-electron chi connectivity index (χ2n) is 5.41. The average Bonchev–Trinajstić information content (AvgIpc) is 2.75. The summed E-state index contributed by atoms with van der Waals surface area (Å²) in [6.45, 7) is 8.71. The molecule has 18 heavy (non-hydrogen) atoms. The molecule has 6 nitrogen and oxygen atoms in total. The van der Waals surface area contributed by atoms with Gasteiger partial charge in [-0.3, -0.25) is 4.90 Å². The van der Waals surface area contributed by atoms with Crippen LogP contribution in [0.15, 0.2) is 0 Å². The van der Waals surface area contributed by atoms with Gasteiger partial charge in [0, 0.05) is 12.6 Å². The molecule has 1 aliphatic rings. The maximum atomic E-state index is 4.27. The van der Waals surface area contributed by atoms with Gasteiger partial charge in [-0.05, 0) is 50.9 Å². The van der Waals surface area contributed by atoms with Crippen molar-refractivity contribution in [1.82, 2.24) is 30.4 Å². The molecule has 0 aliphatic carbocycles. The number of hydrogen-bond donors (Lipinski definition) is 1. The van der Waals surface area contributed by atoms with Crippen molar-refractivity contribution in [3.8, 4) is 0 Å². The predicted molar refractivity (Wildman–Crippen MR) is 69.9 cm³/mol. The van der Waals surface area contributed by atoms with Crippen LogP contribution < -0.4 is 5.32 Å². The Bertz CT molecular complexity index is 355. The van der Waals surface area contributed by atoms with Gasteiger partial charge in [0.05, 0.1) is 13.6 Å². The zero-order valence-corrected chi connectivity index (χ0v) is 11.6. The zero-order chi connectivity index (χ0) is 13.0. The number of nitrogens with one attached hydrogen (secondary N) is 1. The van der Waals surface area contributed by atoms with E-state index in [2.05, 4.69) is 39.5 Å². The number of hydrogen-bond acceptors (Lipinski definition) is 5. The van der Waals surface area contributed by atoms with E-state index < -0.39 is 0 Å². The molecule has 0 radical (unpaired) electrons. The molecule has 2 heterocycles. The monoisotopic (exact) mass is 252 g/mol. The van der Waals surface area contributed by atoms with Crippen molar-refractivity contribution in [3.05, 3.63) is 5.82 Å². The molecular formula is C12H24N6. The van der Waals surface area contributed by atoms with Gasteiger partial charge in [0.1, 0.15) is 0 Å². The quantitative estimate of drug-likeness (QED) is 0.823. The van der Waals surface area contributed by atoms with Gasteiger partial charge in [0.2, 0.25) is 0 Å². The fourth-order valence-electron chi connectivity index (χ4n) is 2.42. The number of tetrazole rings is 1. The first-order valence-corrected chi connectivity index (χ1v) is 6.83. The van der Waals surface area contributed by atoms with E-state index in [-0.39, 0.29) is 0 Å². The molecule has 0 bridgehead atoms. The maximum absolute atomic E-state index is 4.27. The summed E-state index contributed by atoms with van der Waals surface area (Å²) in [4.78, 5) is 3.98. The second kappa shape index (κ2) is 6.24. The largest absolute Gasteiger partial charge is 0.317 e. The summed E-state index contributed by atoms with van der Waals surface area (Å²) in [6.07, 6.45) is 2.55. The van der Waals surface area contributed by atoms with Gasteiger partial charge in [-0.2, -0.15) is 4.80 Å². The number of nitrogens with zero attached hydrogens (tertiary/aromatic N) is 5. The summed E-state index contributed by atoms with van der Waals surface area (Å²) in [6, 6.07) is 0.517. The molecule has 102 valence electrons. The number of aromatic nitrogens is 4. The van der Waals surface area contributed by atoms with Crippen LogP contribution in [0.2, 0.25) is 0 Å². The molecule has 0 unspecified atom stereocenters. The number of piperidine rings is 1. The Hall–Kier alpha value is -1.01. The SMILES string of the molecule is CC(C)N(Cc1nnn(C)n1)CC1CCNCC1. The van der Waals surface area contributed by atoms with E-state index in [1.807, 2.05) is 7.05 Å². The van der Waals surface area contributed by atoms with Crippen molar-refractivity contribution >= 4 is 0 Å². The number of aryl methyl sites for hydroxylation is 1. The zero-order valence-electron chi connectivity index (χ0n) is 11.6. The van der Waals surface area contributed by atoms with Gasteiger partial charge >= 0.3 is 0 Å². The lowest BCUT2D eigenvalue weighted by atomic mass is 9.97. The third-order valence-corrected chi connectivity index (χ3v) is 3.58. The highest BCUT2D eigenvalue weighted by Crippen LogP contribution is 2.16. The van der Waals surface area contributed by atoms with E-state index in [9.17, 15) is 0 Å². The summed E-state index contributed by atoms with van der Waals surface area (Å²) in [7, 11) is 1.81. The summed E-state index contributed by atoms with van der Waals surface area (Å²) in [5.74, 6) is 1.62. The molecule has 0 saturated carbocycles. The molecule has 0 atom stereocenters. The Morgan fingerprint density at radius 1 is 1.39 bits per heavy atom. The smallest absolute Gasteiger partial charge is 0.188 e. The molecule has 1 saturated heterocycles. The van der Waals surface area contributed by atoms with E-state index in [1.165, 1.54) is 17.6 Å². The lowest BCUT2D eigenvalue weighted by Gasteiger charge is -2.31. The molecule has 0 spiro atoms. The van der Waals surface area contributed by atoms with Gasteiger partial charge in [-0.15, -0.1) is 10.2 Å². The van der Waals surface area contributed by atoms with E-state index >= 15 is 0 Å². The normalized spacial score (nSPS) is 17.8. The minimum absolute atomic E-state index is 0.517. The third-order valence-electron chi connectivity index (χ3n) is 3.58. The Morgan fingerprint density at radius 2 is 2.11 bits per heavy atom. The molecule has 1 aliphatic heterocycles. The van der Waals surface area contributed by atoms with Crippen LogP contribution in [0.5, 0.6) is 0 Å². The second-order valence-corrected chi connectivity index (χ2v) is 5.41. The van der Waals surface area contributed by atoms with Crippen LogP contribution in [0.25, 0.3) is 0 Å². The molecular weight excluding hydrogens is 228 g/mol. The van der Waals surface area contributed by atoms with Crippen LogP contribution in [0.4, 0.5) is 0 Å². The highest BCUT2D eigenvalue weighted by atomic mass is 15.6. The first kappa shape index (κ1) is 13.4. The van der Waals surface area contributed by atoms with E-state index in [0.29, 0.717) is 6.04 Å². The van der Waals surface area contributed by atoms with Crippen molar-refractivity contribution in [1.29, 1.82) is 0 Å². The van der Waals surface area contributed by atoms with Crippen LogP contribution in [-0.2, 0) is 13.6 Å². The van der Waals surface area contributed by atoms with Gasteiger partial charge in [0.25, 0.3) is 0 Å². The molecule has 0 amide bonds. The van der Waals surface area contributed by atoms with E-state index in [1.54, 1.807) is 0 Å². The van der Waals surface area contributed by atoms with Crippen LogP contribution in [0.3, 0.4) is 0 Å². The van der Waals surface area contributed by atoms with Gasteiger partial charge < -0.3 is 5.32 Å². The van der Waals surface area contributed by atoms with Crippen molar-refractivity contribution < 1.29 is 0 Å². The summed E-state index contributed by atoms with van der Waals surface area (Å²) < 4.78 is 0. The highest BCUT2D eigenvalue weighted by Gasteiger charge is 2.20. The minimum atomic E-state index is 0.517. The van der Waals surface area contributed by atoms with Gasteiger partial charge in [-0.1, -0.05) is 0 Å². The molecule has 1 aromatic heterocycles. The van der Waals surface area contributed by atoms with Crippen molar-refractivity contribution in [2.45, 2.75) is 39.3 Å². The highest BCUT2D eigenvalue weighted by molar-refractivity contribution is 4.81. The maximum Gasteiger partial charge on any atom is 0.188 e. The van der Waals surface area contributed by atoms with Gasteiger partial charge in [-0.25, -0.2) is 0 Å². The van der Waals surface area contributed by atoms with Crippen molar-refractivity contribution in [2.24, 2.45) is 13.0 Å². The fraction of sp³-hybridized carbons (Fsp3) is 0.917. The first-order valence-electron chi connectivity index (χ1n) is 6.83.